The van der Waals surface area contributed by atoms with E-state index in [1.807, 2.05) is 0 Å². The number of benzene rings is 3. The third kappa shape index (κ3) is 5.34. The van der Waals surface area contributed by atoms with Crippen LogP contribution in [0.1, 0.15) is 21.5 Å². The molecule has 3 aromatic carbocycles. The van der Waals surface area contributed by atoms with Gasteiger partial charge in [0.05, 0.1) is 17.8 Å². The smallest absolute Gasteiger partial charge is 0.263 e. The Morgan fingerprint density at radius 3 is 2.55 bits per heavy atom. The van der Waals surface area contributed by atoms with Gasteiger partial charge in [0.1, 0.15) is 16.5 Å². The molecule has 0 heterocycles. The van der Waals surface area contributed by atoms with Crippen molar-refractivity contribution < 1.29 is 22.3 Å². The first kappa shape index (κ1) is 22.6. The number of nitrogens with one attached hydrogen (secondary N) is 2. The molecule has 0 aromatic heterocycles. The maximum Gasteiger partial charge on any atom is 0.263 e. The molecular weight excluding hydrogens is 443 g/mol. The van der Waals surface area contributed by atoms with E-state index in [1.165, 1.54) is 31.4 Å². The molecule has 3 rings (SSSR count). The second kappa shape index (κ2) is 9.36. The summed E-state index contributed by atoms with van der Waals surface area (Å²) in [6.45, 7) is 1.79. The van der Waals surface area contributed by atoms with Gasteiger partial charge < -0.3 is 10.1 Å². The number of anilines is 1. The van der Waals surface area contributed by atoms with E-state index in [0.29, 0.717) is 16.9 Å². The minimum Gasteiger partial charge on any atom is -0.495 e. The molecule has 3 aromatic rings. The van der Waals surface area contributed by atoms with Gasteiger partial charge in [-0.15, -0.1) is 0 Å². The number of amides is 1. The fourth-order valence-electron chi connectivity index (χ4n) is 2.88. The Balaban J connectivity index is 1.81. The number of halogens is 2. The number of hydrogen-bond acceptors (Lipinski definition) is 4. The molecule has 0 atom stereocenters. The first-order valence-corrected chi connectivity index (χ1v) is 11.1. The quantitative estimate of drug-likeness (QED) is 0.540. The minimum absolute atomic E-state index is 0.0342. The lowest BCUT2D eigenvalue weighted by atomic mass is 10.1. The highest BCUT2D eigenvalue weighted by atomic mass is 35.5. The lowest BCUT2D eigenvalue weighted by Crippen LogP contribution is -2.23. The summed E-state index contributed by atoms with van der Waals surface area (Å²) in [6, 6.07) is 15.0. The van der Waals surface area contributed by atoms with Crippen LogP contribution in [0.15, 0.2) is 65.6 Å². The molecule has 0 spiro atoms. The van der Waals surface area contributed by atoms with Gasteiger partial charge in [-0.1, -0.05) is 35.9 Å². The van der Waals surface area contributed by atoms with Crippen LogP contribution in [0.2, 0.25) is 5.02 Å². The number of carbonyl (C=O) groups excluding carboxylic acids is 1. The fourth-order valence-corrected chi connectivity index (χ4v) is 4.48. The van der Waals surface area contributed by atoms with Gasteiger partial charge in [-0.25, -0.2) is 12.8 Å². The number of rotatable bonds is 7. The number of para-hydroxylation sites is 2. The molecule has 0 aliphatic carbocycles. The topological polar surface area (TPSA) is 84.5 Å². The van der Waals surface area contributed by atoms with Gasteiger partial charge in [0.2, 0.25) is 0 Å². The predicted molar refractivity (Wildman–Crippen MR) is 118 cm³/mol. The maximum absolute atomic E-state index is 13.4. The molecule has 0 saturated carbocycles. The zero-order valence-electron chi connectivity index (χ0n) is 16.8. The van der Waals surface area contributed by atoms with E-state index in [0.717, 1.165) is 0 Å². The fraction of sp³-hybridized carbons (Fsp3) is 0.136. The Hall–Kier alpha value is -3.10. The Bertz CT molecular complexity index is 1230. The van der Waals surface area contributed by atoms with Crippen LogP contribution in [0.5, 0.6) is 5.75 Å². The molecule has 6 nitrogen and oxygen atoms in total. The van der Waals surface area contributed by atoms with Crippen LogP contribution in [-0.4, -0.2) is 21.4 Å². The van der Waals surface area contributed by atoms with Gasteiger partial charge in [0, 0.05) is 12.1 Å². The normalized spacial score (nSPS) is 11.1. The van der Waals surface area contributed by atoms with Crippen molar-refractivity contribution >= 4 is 33.2 Å². The Labute approximate surface area is 185 Å². The summed E-state index contributed by atoms with van der Waals surface area (Å²) in [6.07, 6.45) is 0. The highest BCUT2D eigenvalue weighted by Gasteiger charge is 2.21. The molecular formula is C22H20ClFN2O4S. The van der Waals surface area contributed by atoms with Crippen molar-refractivity contribution in [1.29, 1.82) is 0 Å². The molecule has 2 N–H and O–H groups in total. The van der Waals surface area contributed by atoms with Crippen LogP contribution in [0, 0.1) is 12.7 Å². The van der Waals surface area contributed by atoms with Crippen LogP contribution < -0.4 is 14.8 Å². The number of carbonyl (C=O) groups is 1. The monoisotopic (exact) mass is 462 g/mol. The largest absolute Gasteiger partial charge is 0.495 e. The van der Waals surface area contributed by atoms with Crippen molar-refractivity contribution in [2.45, 2.75) is 18.4 Å². The molecule has 162 valence electrons. The summed E-state index contributed by atoms with van der Waals surface area (Å²) in [5, 5.41) is 2.65. The number of sulfonamides is 1. The molecule has 0 bridgehead atoms. The summed E-state index contributed by atoms with van der Waals surface area (Å²) >= 11 is 6.11. The summed E-state index contributed by atoms with van der Waals surface area (Å²) in [5.74, 6) is -0.483. The van der Waals surface area contributed by atoms with Crippen molar-refractivity contribution in [2.24, 2.45) is 0 Å². The molecule has 31 heavy (non-hydrogen) atoms. The van der Waals surface area contributed by atoms with Gasteiger partial charge in [0.25, 0.3) is 15.9 Å². The number of ether oxygens (including phenoxy) is 1. The van der Waals surface area contributed by atoms with Gasteiger partial charge >= 0.3 is 0 Å². The third-order valence-electron chi connectivity index (χ3n) is 4.51. The average Bonchev–Trinajstić information content (AvgIpc) is 2.74. The lowest BCUT2D eigenvalue weighted by Gasteiger charge is -2.13. The van der Waals surface area contributed by atoms with Crippen molar-refractivity contribution in [2.75, 3.05) is 11.8 Å². The van der Waals surface area contributed by atoms with E-state index in [9.17, 15) is 17.6 Å². The zero-order valence-corrected chi connectivity index (χ0v) is 18.4. The standard InChI is InChI=1S/C22H20ClFN2O4S/c1-14-11-15(7-10-18(14)24)13-25-22(27)16-8-9-17(23)21(12-16)31(28,29)26-19-5-3-4-6-20(19)30-2/h3-12,26H,13H2,1-2H3,(H,25,27). The minimum atomic E-state index is -4.09. The second-order valence-corrected chi connectivity index (χ2v) is 8.78. The average molecular weight is 463 g/mol. The van der Waals surface area contributed by atoms with Crippen molar-refractivity contribution in [3.8, 4) is 5.75 Å². The zero-order chi connectivity index (χ0) is 22.6. The van der Waals surface area contributed by atoms with E-state index < -0.39 is 15.9 Å². The third-order valence-corrected chi connectivity index (χ3v) is 6.36. The summed E-state index contributed by atoms with van der Waals surface area (Å²) in [7, 11) is -2.67. The summed E-state index contributed by atoms with van der Waals surface area (Å²) < 4.78 is 46.8. The Morgan fingerprint density at radius 1 is 1.10 bits per heavy atom. The van der Waals surface area contributed by atoms with Crippen LogP contribution in [0.4, 0.5) is 10.1 Å². The van der Waals surface area contributed by atoms with Gasteiger partial charge in [-0.05, 0) is 54.4 Å². The van der Waals surface area contributed by atoms with E-state index in [2.05, 4.69) is 10.0 Å². The SMILES string of the molecule is COc1ccccc1NS(=O)(=O)c1cc(C(=O)NCc2ccc(F)c(C)c2)ccc1Cl. The van der Waals surface area contributed by atoms with Crippen molar-refractivity contribution in [3.05, 3.63) is 88.2 Å². The van der Waals surface area contributed by atoms with Crippen LogP contribution in [-0.2, 0) is 16.6 Å². The first-order chi connectivity index (χ1) is 14.7. The van der Waals surface area contributed by atoms with Gasteiger partial charge in [-0.2, -0.15) is 0 Å². The number of hydrogen-bond donors (Lipinski definition) is 2. The van der Waals surface area contributed by atoms with E-state index >= 15 is 0 Å². The van der Waals surface area contributed by atoms with Crippen LogP contribution in [0.25, 0.3) is 0 Å². The maximum atomic E-state index is 13.4. The lowest BCUT2D eigenvalue weighted by molar-refractivity contribution is 0.0950. The van der Waals surface area contributed by atoms with Gasteiger partial charge in [0.15, 0.2) is 0 Å². The Morgan fingerprint density at radius 2 is 1.84 bits per heavy atom. The number of aryl methyl sites for hydroxylation is 1. The molecule has 0 aliphatic heterocycles. The molecule has 0 radical (unpaired) electrons. The van der Waals surface area contributed by atoms with Crippen LogP contribution in [0.3, 0.4) is 0 Å². The highest BCUT2D eigenvalue weighted by Crippen LogP contribution is 2.29. The molecule has 9 heteroatoms. The molecule has 1 amide bonds. The van der Waals surface area contributed by atoms with Crippen molar-refractivity contribution in [3.63, 3.8) is 0 Å². The van der Waals surface area contributed by atoms with Crippen LogP contribution >= 0.6 is 11.6 Å². The highest BCUT2D eigenvalue weighted by molar-refractivity contribution is 7.92. The number of methoxy groups -OCH3 is 1. The molecule has 0 aliphatic rings. The second-order valence-electron chi connectivity index (χ2n) is 6.72. The molecule has 0 unspecified atom stereocenters. The summed E-state index contributed by atoms with van der Waals surface area (Å²) in [4.78, 5) is 12.3. The van der Waals surface area contributed by atoms with Crippen molar-refractivity contribution in [1.82, 2.24) is 5.32 Å². The Kier molecular flexibility index (Phi) is 6.82. The predicted octanol–water partition coefficient (Wildman–Crippen LogP) is 4.53. The van der Waals surface area contributed by atoms with E-state index in [1.54, 1.807) is 43.3 Å². The first-order valence-electron chi connectivity index (χ1n) is 9.20. The molecule has 0 fully saturated rings. The molecule has 0 saturated heterocycles. The van der Waals surface area contributed by atoms with E-state index in [-0.39, 0.29) is 33.5 Å². The van der Waals surface area contributed by atoms with E-state index in [4.69, 9.17) is 16.3 Å². The summed E-state index contributed by atoms with van der Waals surface area (Å²) in [5.41, 5.74) is 1.53. The van der Waals surface area contributed by atoms with Gasteiger partial charge in [-0.3, -0.25) is 9.52 Å².